The van der Waals surface area contributed by atoms with E-state index in [4.69, 9.17) is 4.74 Å². The first-order chi connectivity index (χ1) is 16.2. The number of allylic oxidation sites excluding steroid dienone is 2. The Kier molecular flexibility index (Phi) is 9.62. The minimum atomic E-state index is 0. The van der Waals surface area contributed by atoms with E-state index in [1.165, 1.54) is 55.8 Å². The van der Waals surface area contributed by atoms with Crippen molar-refractivity contribution >= 4 is 29.4 Å². The second kappa shape index (κ2) is 11.9. The maximum Gasteiger partial charge on any atom is 0.0605 e. The molecule has 0 saturated carbocycles. The highest BCUT2D eigenvalue weighted by Crippen LogP contribution is 2.49. The second-order valence-corrected chi connectivity index (χ2v) is 12.5. The summed E-state index contributed by atoms with van der Waals surface area (Å²) in [5.74, 6) is 0. The van der Waals surface area contributed by atoms with Crippen LogP contribution in [0.25, 0.3) is 5.57 Å². The zero-order chi connectivity index (χ0) is 24.3. The Hall–Kier alpha value is -1.23. The summed E-state index contributed by atoms with van der Waals surface area (Å²) >= 11 is 0. The van der Waals surface area contributed by atoms with Gasteiger partial charge in [0.1, 0.15) is 0 Å². The van der Waals surface area contributed by atoms with Crippen LogP contribution in [0.15, 0.2) is 24.3 Å². The molecule has 0 radical (unpaired) electrons. The van der Waals surface area contributed by atoms with Crippen molar-refractivity contribution in [3.63, 3.8) is 0 Å². The Balaban J connectivity index is 0.00000342. The van der Waals surface area contributed by atoms with Crippen molar-refractivity contribution in [3.8, 4) is 0 Å². The molecule has 0 spiro atoms. The summed E-state index contributed by atoms with van der Waals surface area (Å²) in [5, 5.41) is 0. The van der Waals surface area contributed by atoms with Gasteiger partial charge in [0.15, 0.2) is 0 Å². The molecular weight excluding hydrogens is 454 g/mol. The zero-order valence-electron chi connectivity index (χ0n) is 23.2. The highest BCUT2D eigenvalue weighted by Gasteiger charge is 2.35. The standard InChI is InChI=1S/C30H49N3O.ClH/c1-7-8-13-31-16-18-33(19-17-31)28-10-9-25(32-14-11-26(34-6)12-15-32)20-27(28)24-21-29(2,3)23-30(4,5)22-24;/h9-10,20-21,26H,7-8,11-19,22-23H2,1-6H3;1H. The Morgan fingerprint density at radius 3 is 2.23 bits per heavy atom. The van der Waals surface area contributed by atoms with Crippen molar-refractivity contribution in [3.05, 3.63) is 29.8 Å². The molecule has 1 aliphatic carbocycles. The highest BCUT2D eigenvalue weighted by molar-refractivity contribution is 5.85. The lowest BCUT2D eigenvalue weighted by atomic mass is 9.65. The van der Waals surface area contributed by atoms with Gasteiger partial charge in [-0.2, -0.15) is 0 Å². The maximum atomic E-state index is 5.63. The first-order valence-electron chi connectivity index (χ1n) is 13.8. The third-order valence-electron chi connectivity index (χ3n) is 8.18. The van der Waals surface area contributed by atoms with Crippen LogP contribution in [0.5, 0.6) is 0 Å². The van der Waals surface area contributed by atoms with Crippen LogP contribution in [0, 0.1) is 10.8 Å². The Morgan fingerprint density at radius 2 is 1.63 bits per heavy atom. The van der Waals surface area contributed by atoms with Gasteiger partial charge in [0.05, 0.1) is 6.10 Å². The molecule has 3 aliphatic rings. The molecular formula is C30H50ClN3O. The number of hydrogen-bond donors (Lipinski definition) is 0. The molecule has 1 aromatic rings. The Bertz CT molecular complexity index is 849. The summed E-state index contributed by atoms with van der Waals surface area (Å²) in [7, 11) is 1.86. The van der Waals surface area contributed by atoms with Gasteiger partial charge in [0.2, 0.25) is 0 Å². The molecule has 0 bridgehead atoms. The molecule has 198 valence electrons. The van der Waals surface area contributed by atoms with Crippen LogP contribution in [0.3, 0.4) is 0 Å². The van der Waals surface area contributed by atoms with Crippen LogP contribution >= 0.6 is 12.4 Å². The number of methoxy groups -OCH3 is 1. The number of ether oxygens (including phenoxy) is 1. The zero-order valence-corrected chi connectivity index (χ0v) is 24.1. The molecule has 0 N–H and O–H groups in total. The van der Waals surface area contributed by atoms with Gasteiger partial charge in [-0.25, -0.2) is 0 Å². The minimum Gasteiger partial charge on any atom is -0.381 e. The van der Waals surface area contributed by atoms with Gasteiger partial charge in [-0.3, -0.25) is 4.90 Å². The molecule has 2 fully saturated rings. The van der Waals surface area contributed by atoms with Crippen molar-refractivity contribution in [2.75, 3.05) is 62.7 Å². The second-order valence-electron chi connectivity index (χ2n) is 12.5. The number of nitrogens with zero attached hydrogens (tertiary/aromatic N) is 3. The highest BCUT2D eigenvalue weighted by atomic mass is 35.5. The number of rotatable bonds is 7. The summed E-state index contributed by atoms with van der Waals surface area (Å²) in [4.78, 5) is 7.89. The quantitative estimate of drug-likeness (QED) is 0.403. The van der Waals surface area contributed by atoms with E-state index in [1.54, 1.807) is 5.57 Å². The summed E-state index contributed by atoms with van der Waals surface area (Å²) in [6, 6.07) is 7.34. The van der Waals surface area contributed by atoms with Gasteiger partial charge in [-0.15, -0.1) is 12.4 Å². The molecule has 4 rings (SSSR count). The number of anilines is 2. The molecule has 2 saturated heterocycles. The van der Waals surface area contributed by atoms with E-state index < -0.39 is 0 Å². The number of benzene rings is 1. The lowest BCUT2D eigenvalue weighted by molar-refractivity contribution is 0.0819. The van der Waals surface area contributed by atoms with Crippen LogP contribution < -0.4 is 9.80 Å². The van der Waals surface area contributed by atoms with Gasteiger partial charge in [0.25, 0.3) is 0 Å². The molecule has 0 aromatic heterocycles. The SMILES string of the molecule is CCCCN1CCN(c2ccc(N3CCC(OC)CC3)cc2C2=CC(C)(C)CC(C)(C)C2)CC1.Cl. The van der Waals surface area contributed by atoms with Crippen molar-refractivity contribution in [1.82, 2.24) is 4.90 Å². The fraction of sp³-hybridized carbons (Fsp3) is 0.733. The van der Waals surface area contributed by atoms with E-state index in [0.29, 0.717) is 11.5 Å². The predicted octanol–water partition coefficient (Wildman–Crippen LogP) is 6.88. The van der Waals surface area contributed by atoms with E-state index in [2.05, 4.69) is 73.6 Å². The molecule has 0 unspecified atom stereocenters. The lowest BCUT2D eigenvalue weighted by Crippen LogP contribution is -2.47. The van der Waals surface area contributed by atoms with E-state index >= 15 is 0 Å². The van der Waals surface area contributed by atoms with Gasteiger partial charge in [-0.05, 0) is 73.3 Å². The van der Waals surface area contributed by atoms with Crippen molar-refractivity contribution in [2.45, 2.75) is 79.2 Å². The van der Waals surface area contributed by atoms with Crippen LogP contribution in [-0.2, 0) is 4.74 Å². The van der Waals surface area contributed by atoms with Gasteiger partial charge in [0, 0.05) is 63.3 Å². The third-order valence-corrected chi connectivity index (χ3v) is 8.18. The van der Waals surface area contributed by atoms with E-state index in [1.807, 2.05) is 7.11 Å². The third kappa shape index (κ3) is 7.17. The molecule has 35 heavy (non-hydrogen) atoms. The molecule has 5 heteroatoms. The van der Waals surface area contributed by atoms with Crippen molar-refractivity contribution in [1.29, 1.82) is 0 Å². The van der Waals surface area contributed by atoms with Crippen LogP contribution in [-0.4, -0.2) is 63.9 Å². The first kappa shape index (κ1) is 28.3. The van der Waals surface area contributed by atoms with E-state index in [0.717, 1.165) is 45.4 Å². The maximum absolute atomic E-state index is 5.63. The molecule has 2 heterocycles. The number of piperazine rings is 1. The summed E-state index contributed by atoms with van der Waals surface area (Å²) in [5.41, 5.74) is 6.44. The van der Waals surface area contributed by atoms with Crippen LogP contribution in [0.2, 0.25) is 0 Å². The van der Waals surface area contributed by atoms with Crippen molar-refractivity contribution in [2.24, 2.45) is 10.8 Å². The number of piperidine rings is 1. The largest absolute Gasteiger partial charge is 0.381 e. The van der Waals surface area contributed by atoms with Crippen LogP contribution in [0.4, 0.5) is 11.4 Å². The molecule has 0 amide bonds. The number of hydrogen-bond acceptors (Lipinski definition) is 4. The van der Waals surface area contributed by atoms with Gasteiger partial charge >= 0.3 is 0 Å². The first-order valence-corrected chi connectivity index (χ1v) is 13.8. The normalized spacial score (nSPS) is 23.1. The predicted molar refractivity (Wildman–Crippen MR) is 154 cm³/mol. The minimum absolute atomic E-state index is 0. The summed E-state index contributed by atoms with van der Waals surface area (Å²) in [6.45, 7) is 20.1. The summed E-state index contributed by atoms with van der Waals surface area (Å²) < 4.78 is 5.63. The fourth-order valence-electron chi connectivity index (χ4n) is 6.76. The van der Waals surface area contributed by atoms with Gasteiger partial charge in [-0.1, -0.05) is 47.1 Å². The van der Waals surface area contributed by atoms with E-state index in [9.17, 15) is 0 Å². The molecule has 2 aliphatic heterocycles. The van der Waals surface area contributed by atoms with Gasteiger partial charge < -0.3 is 14.5 Å². The number of unbranched alkanes of at least 4 members (excludes halogenated alkanes) is 1. The smallest absolute Gasteiger partial charge is 0.0605 e. The average molecular weight is 504 g/mol. The molecule has 1 aromatic carbocycles. The Labute approximate surface area is 221 Å². The Morgan fingerprint density at radius 1 is 0.943 bits per heavy atom. The summed E-state index contributed by atoms with van der Waals surface area (Å²) in [6.07, 6.45) is 10.3. The van der Waals surface area contributed by atoms with Crippen LogP contribution in [0.1, 0.15) is 78.7 Å². The number of halogens is 1. The average Bonchev–Trinajstić information content (AvgIpc) is 2.81. The topological polar surface area (TPSA) is 19.0 Å². The fourth-order valence-corrected chi connectivity index (χ4v) is 6.76. The molecule has 0 atom stereocenters. The van der Waals surface area contributed by atoms with Crippen molar-refractivity contribution < 1.29 is 4.74 Å². The monoisotopic (exact) mass is 503 g/mol. The van der Waals surface area contributed by atoms with E-state index in [-0.39, 0.29) is 17.8 Å². The molecule has 4 nitrogen and oxygen atoms in total. The lowest BCUT2D eigenvalue weighted by Gasteiger charge is -2.42.